The second-order valence-corrected chi connectivity index (χ2v) is 4.36. The van der Waals surface area contributed by atoms with Crippen molar-refractivity contribution in [1.29, 1.82) is 0 Å². The third-order valence-electron chi connectivity index (χ3n) is 2.21. The summed E-state index contributed by atoms with van der Waals surface area (Å²) in [4.78, 5) is 32.6. The van der Waals surface area contributed by atoms with Crippen LogP contribution in [-0.4, -0.2) is 11.1 Å². The molecule has 2 amide bonds. The number of hydrogen-bond acceptors (Lipinski definition) is 6. The van der Waals surface area contributed by atoms with Gasteiger partial charge in [0.1, 0.15) is 0 Å². The number of imide groups is 1. The fourth-order valence-corrected chi connectivity index (χ4v) is 2.14. The minimum atomic E-state index is -0.379. The normalized spacial score (nSPS) is 19.9. The molecule has 0 radical (unpaired) electrons. The molecular formula is C10H6N2O4S. The maximum Gasteiger partial charge on any atom is 0.290 e. The summed E-state index contributed by atoms with van der Waals surface area (Å²) in [5, 5.41) is 1.83. The van der Waals surface area contributed by atoms with Crippen LogP contribution in [0.4, 0.5) is 4.79 Å². The molecule has 1 aromatic carbocycles. The van der Waals surface area contributed by atoms with E-state index in [4.69, 9.17) is 9.68 Å². The number of carbonyl (C=O) groups is 2. The Morgan fingerprint density at radius 3 is 2.76 bits per heavy atom. The highest BCUT2D eigenvalue weighted by Gasteiger charge is 2.25. The second kappa shape index (κ2) is 3.79. The summed E-state index contributed by atoms with van der Waals surface area (Å²) in [5.41, 5.74) is 3.02. The fourth-order valence-electron chi connectivity index (χ4n) is 1.46. The monoisotopic (exact) mass is 250 g/mol. The van der Waals surface area contributed by atoms with Gasteiger partial charge in [-0.25, -0.2) is 0 Å². The standard InChI is InChI=1S/C10H6N2O4S/c13-9-8(17-10(14)11-9)4-5-1-2-6-7(3-5)16-12-15-6/h1-4,12H,(H,11,13,14). The molecule has 0 spiro atoms. The predicted molar refractivity (Wildman–Crippen MR) is 59.9 cm³/mol. The lowest BCUT2D eigenvalue weighted by Crippen LogP contribution is -2.17. The van der Waals surface area contributed by atoms with Gasteiger partial charge in [0.25, 0.3) is 11.1 Å². The van der Waals surface area contributed by atoms with E-state index in [0.29, 0.717) is 16.4 Å². The third-order valence-corrected chi connectivity index (χ3v) is 3.02. The number of carbonyl (C=O) groups excluding carboxylic acids is 2. The zero-order valence-electron chi connectivity index (χ0n) is 8.35. The number of amides is 2. The van der Waals surface area contributed by atoms with Crippen LogP contribution in [-0.2, 0) is 4.79 Å². The summed E-state index contributed by atoms with van der Waals surface area (Å²) in [7, 11) is 0. The lowest BCUT2D eigenvalue weighted by atomic mass is 10.2. The smallest absolute Gasteiger partial charge is 0.290 e. The van der Waals surface area contributed by atoms with E-state index < -0.39 is 0 Å². The van der Waals surface area contributed by atoms with Gasteiger partial charge in [0, 0.05) is 5.64 Å². The minimum Gasteiger partial charge on any atom is -0.370 e. The molecule has 0 bridgehead atoms. The Hall–Kier alpha value is -1.99. The molecule has 2 N–H and O–H groups in total. The molecule has 2 aliphatic heterocycles. The Morgan fingerprint density at radius 1 is 1.18 bits per heavy atom. The molecule has 0 atom stereocenters. The van der Waals surface area contributed by atoms with Crippen molar-refractivity contribution in [2.24, 2.45) is 0 Å². The van der Waals surface area contributed by atoms with E-state index in [0.717, 1.165) is 17.3 Å². The molecule has 3 rings (SSSR count). The van der Waals surface area contributed by atoms with Gasteiger partial charge in [0.15, 0.2) is 11.5 Å². The summed E-state index contributed by atoms with van der Waals surface area (Å²) in [6.07, 6.45) is 1.62. The van der Waals surface area contributed by atoms with E-state index in [1.165, 1.54) is 0 Å². The van der Waals surface area contributed by atoms with Crippen LogP contribution in [0.15, 0.2) is 23.1 Å². The first-order valence-corrected chi connectivity index (χ1v) is 5.51. The Kier molecular flexibility index (Phi) is 2.27. The molecule has 0 unspecified atom stereocenters. The topological polar surface area (TPSA) is 76.7 Å². The van der Waals surface area contributed by atoms with E-state index in [9.17, 15) is 9.59 Å². The number of rotatable bonds is 1. The van der Waals surface area contributed by atoms with E-state index >= 15 is 0 Å². The van der Waals surface area contributed by atoms with Gasteiger partial charge in [-0.05, 0) is 35.5 Å². The van der Waals surface area contributed by atoms with Gasteiger partial charge in [-0.15, -0.1) is 0 Å². The van der Waals surface area contributed by atoms with E-state index in [1.807, 2.05) is 0 Å². The zero-order valence-corrected chi connectivity index (χ0v) is 9.17. The molecule has 86 valence electrons. The predicted octanol–water partition coefficient (Wildman–Crippen LogP) is 1.20. The third kappa shape index (κ3) is 1.85. The average Bonchev–Trinajstić information content (AvgIpc) is 2.85. The van der Waals surface area contributed by atoms with Gasteiger partial charge < -0.3 is 9.68 Å². The van der Waals surface area contributed by atoms with Crippen molar-refractivity contribution in [2.45, 2.75) is 0 Å². The van der Waals surface area contributed by atoms with Crippen molar-refractivity contribution >= 4 is 29.0 Å². The zero-order chi connectivity index (χ0) is 11.8. The van der Waals surface area contributed by atoms with Crippen LogP contribution in [0.2, 0.25) is 0 Å². The Bertz CT molecular complexity index is 555. The highest BCUT2D eigenvalue weighted by molar-refractivity contribution is 8.18. The van der Waals surface area contributed by atoms with Gasteiger partial charge in [0.05, 0.1) is 4.91 Å². The largest absolute Gasteiger partial charge is 0.370 e. The van der Waals surface area contributed by atoms with Gasteiger partial charge in [0.2, 0.25) is 0 Å². The van der Waals surface area contributed by atoms with Crippen LogP contribution in [0, 0.1) is 0 Å². The van der Waals surface area contributed by atoms with Crippen LogP contribution in [0.25, 0.3) is 6.08 Å². The summed E-state index contributed by atoms with van der Waals surface area (Å²) >= 11 is 0.876. The maximum atomic E-state index is 11.3. The highest BCUT2D eigenvalue weighted by atomic mass is 32.2. The van der Waals surface area contributed by atoms with Crippen LogP contribution in [0.5, 0.6) is 11.5 Å². The Morgan fingerprint density at radius 2 is 2.00 bits per heavy atom. The number of benzene rings is 1. The molecule has 0 saturated carbocycles. The van der Waals surface area contributed by atoms with Crippen molar-refractivity contribution in [3.05, 3.63) is 28.7 Å². The van der Waals surface area contributed by atoms with E-state index in [-0.39, 0.29) is 11.1 Å². The average molecular weight is 250 g/mol. The first-order chi connectivity index (χ1) is 8.22. The molecule has 1 fully saturated rings. The number of nitrogens with one attached hydrogen (secondary N) is 2. The van der Waals surface area contributed by atoms with E-state index in [1.54, 1.807) is 24.3 Å². The summed E-state index contributed by atoms with van der Waals surface area (Å²) in [6, 6.07) is 5.18. The molecular weight excluding hydrogens is 244 g/mol. The lowest BCUT2D eigenvalue weighted by molar-refractivity contribution is -0.115. The maximum absolute atomic E-state index is 11.3. The molecule has 2 aliphatic rings. The van der Waals surface area contributed by atoms with Crippen molar-refractivity contribution in [3.63, 3.8) is 0 Å². The van der Waals surface area contributed by atoms with Gasteiger partial charge >= 0.3 is 0 Å². The van der Waals surface area contributed by atoms with Gasteiger partial charge in [-0.1, -0.05) is 6.07 Å². The van der Waals surface area contributed by atoms with Crippen LogP contribution < -0.4 is 20.6 Å². The minimum absolute atomic E-state index is 0.358. The lowest BCUT2D eigenvalue weighted by Gasteiger charge is -1.96. The van der Waals surface area contributed by atoms with Crippen LogP contribution in [0.1, 0.15) is 5.56 Å². The Balaban J connectivity index is 1.93. The second-order valence-electron chi connectivity index (χ2n) is 3.35. The van der Waals surface area contributed by atoms with Gasteiger partial charge in [-0.3, -0.25) is 14.9 Å². The van der Waals surface area contributed by atoms with Gasteiger partial charge in [-0.2, -0.15) is 0 Å². The Labute approximate surface area is 99.9 Å². The molecule has 17 heavy (non-hydrogen) atoms. The van der Waals surface area contributed by atoms with Crippen molar-refractivity contribution in [1.82, 2.24) is 11.0 Å². The van der Waals surface area contributed by atoms with Crippen molar-refractivity contribution in [2.75, 3.05) is 0 Å². The van der Waals surface area contributed by atoms with Crippen molar-refractivity contribution < 1.29 is 19.3 Å². The van der Waals surface area contributed by atoms with Crippen molar-refractivity contribution in [3.8, 4) is 11.5 Å². The molecule has 1 aromatic rings. The first-order valence-electron chi connectivity index (χ1n) is 4.70. The molecule has 2 heterocycles. The molecule has 6 nitrogen and oxygen atoms in total. The molecule has 0 aromatic heterocycles. The number of thioether (sulfide) groups is 1. The highest BCUT2D eigenvalue weighted by Crippen LogP contribution is 2.33. The fraction of sp³-hybridized carbons (Fsp3) is 0. The quantitative estimate of drug-likeness (QED) is 0.729. The summed E-state index contributed by atoms with van der Waals surface area (Å²) < 4.78 is 0. The first kappa shape index (κ1) is 10.2. The van der Waals surface area contributed by atoms with E-state index in [2.05, 4.69) is 11.0 Å². The number of fused-ring (bicyclic) bond motifs is 1. The molecule has 0 aliphatic carbocycles. The molecule has 1 saturated heterocycles. The number of hydrogen-bond donors (Lipinski definition) is 2. The summed E-state index contributed by atoms with van der Waals surface area (Å²) in [6.45, 7) is 0. The van der Waals surface area contributed by atoms with Crippen LogP contribution in [0.3, 0.4) is 0 Å². The SMILES string of the molecule is O=C1NC(=O)C(=Cc2ccc3c(c2)ONO3)S1. The summed E-state index contributed by atoms with van der Waals surface area (Å²) in [5.74, 6) is 0.733. The molecule has 7 heteroatoms. The van der Waals surface area contributed by atoms with Crippen LogP contribution >= 0.6 is 11.8 Å².